The molecule has 0 aromatic heterocycles. The van der Waals surface area contributed by atoms with E-state index in [0.29, 0.717) is 5.56 Å². The molecule has 5 heteroatoms. The SMILES string of the molecule is CC(=O)Nc1cc(C(=O)C=CN(C)C)ccc1F. The Hall–Kier alpha value is -2.17. The predicted molar refractivity (Wildman–Crippen MR) is 67.9 cm³/mol. The van der Waals surface area contributed by atoms with Crippen molar-refractivity contribution < 1.29 is 14.0 Å². The third kappa shape index (κ3) is 4.01. The summed E-state index contributed by atoms with van der Waals surface area (Å²) in [5.74, 6) is -1.21. The Morgan fingerprint density at radius 3 is 2.56 bits per heavy atom. The first-order chi connectivity index (χ1) is 8.40. The molecule has 4 nitrogen and oxygen atoms in total. The van der Waals surface area contributed by atoms with Crippen LogP contribution < -0.4 is 5.32 Å². The van der Waals surface area contributed by atoms with Gasteiger partial charge in [-0.15, -0.1) is 0 Å². The van der Waals surface area contributed by atoms with Crippen molar-refractivity contribution in [2.75, 3.05) is 19.4 Å². The maximum Gasteiger partial charge on any atom is 0.221 e. The lowest BCUT2D eigenvalue weighted by Crippen LogP contribution is -2.09. The Labute approximate surface area is 105 Å². The van der Waals surface area contributed by atoms with Gasteiger partial charge in [-0.1, -0.05) is 0 Å². The second-order valence-corrected chi connectivity index (χ2v) is 4.02. The Bertz CT molecular complexity index is 496. The van der Waals surface area contributed by atoms with Gasteiger partial charge >= 0.3 is 0 Å². The molecule has 0 unspecified atom stereocenters. The summed E-state index contributed by atoms with van der Waals surface area (Å²) in [6.07, 6.45) is 2.98. The minimum atomic E-state index is -0.571. The highest BCUT2D eigenvalue weighted by atomic mass is 19.1. The molecular formula is C13H15FN2O2. The summed E-state index contributed by atoms with van der Waals surface area (Å²) in [6, 6.07) is 3.85. The smallest absolute Gasteiger partial charge is 0.221 e. The number of amides is 1. The molecule has 18 heavy (non-hydrogen) atoms. The fraction of sp³-hybridized carbons (Fsp3) is 0.231. The molecule has 0 aliphatic rings. The van der Waals surface area contributed by atoms with Crippen LogP contribution in [-0.2, 0) is 4.79 Å². The number of hydrogen-bond acceptors (Lipinski definition) is 3. The van der Waals surface area contributed by atoms with Crippen molar-refractivity contribution in [3.05, 3.63) is 41.9 Å². The normalized spacial score (nSPS) is 10.4. The van der Waals surface area contributed by atoms with Crippen molar-refractivity contribution in [1.29, 1.82) is 0 Å². The number of benzene rings is 1. The van der Waals surface area contributed by atoms with Crippen LogP contribution in [0.25, 0.3) is 0 Å². The van der Waals surface area contributed by atoms with Gasteiger partial charge in [0.1, 0.15) is 5.82 Å². The van der Waals surface area contributed by atoms with Gasteiger partial charge in [0.15, 0.2) is 5.78 Å². The van der Waals surface area contributed by atoms with E-state index in [9.17, 15) is 14.0 Å². The second kappa shape index (κ2) is 5.95. The van der Waals surface area contributed by atoms with Crippen LogP contribution in [0.1, 0.15) is 17.3 Å². The number of rotatable bonds is 4. The third-order valence-corrected chi connectivity index (χ3v) is 2.09. The first-order valence-corrected chi connectivity index (χ1v) is 5.36. The van der Waals surface area contributed by atoms with Crippen LogP contribution in [0.4, 0.5) is 10.1 Å². The van der Waals surface area contributed by atoms with Crippen molar-refractivity contribution in [2.24, 2.45) is 0 Å². The average Bonchev–Trinajstić information content (AvgIpc) is 2.28. The largest absolute Gasteiger partial charge is 0.383 e. The quantitative estimate of drug-likeness (QED) is 0.657. The number of carbonyl (C=O) groups is 2. The molecular weight excluding hydrogens is 235 g/mol. The first-order valence-electron chi connectivity index (χ1n) is 5.36. The Balaban J connectivity index is 2.97. The number of allylic oxidation sites excluding steroid dienone is 1. The van der Waals surface area contributed by atoms with Crippen LogP contribution in [0.3, 0.4) is 0 Å². The molecule has 1 amide bonds. The molecule has 0 bridgehead atoms. The van der Waals surface area contributed by atoms with E-state index in [1.54, 1.807) is 25.2 Å². The second-order valence-electron chi connectivity index (χ2n) is 4.02. The van der Waals surface area contributed by atoms with Crippen LogP contribution in [0.15, 0.2) is 30.5 Å². The van der Waals surface area contributed by atoms with E-state index in [1.807, 2.05) is 0 Å². The van der Waals surface area contributed by atoms with Crippen LogP contribution >= 0.6 is 0 Å². The van der Waals surface area contributed by atoms with Gasteiger partial charge in [0, 0.05) is 38.9 Å². The van der Waals surface area contributed by atoms with Gasteiger partial charge < -0.3 is 10.2 Å². The minimum absolute atomic E-state index is 0.00611. The molecule has 0 aliphatic heterocycles. The zero-order valence-corrected chi connectivity index (χ0v) is 10.5. The number of carbonyl (C=O) groups excluding carboxylic acids is 2. The molecule has 0 saturated carbocycles. The molecule has 1 N–H and O–H groups in total. The fourth-order valence-corrected chi connectivity index (χ4v) is 1.28. The van der Waals surface area contributed by atoms with Crippen LogP contribution in [-0.4, -0.2) is 30.7 Å². The van der Waals surface area contributed by atoms with Crippen LogP contribution in [0.5, 0.6) is 0 Å². The molecule has 0 atom stereocenters. The maximum absolute atomic E-state index is 13.4. The van der Waals surface area contributed by atoms with E-state index < -0.39 is 5.82 Å². The number of ketones is 1. The molecule has 0 spiro atoms. The zero-order valence-electron chi connectivity index (χ0n) is 10.5. The number of nitrogens with zero attached hydrogens (tertiary/aromatic N) is 1. The molecule has 0 fully saturated rings. The Morgan fingerprint density at radius 1 is 1.33 bits per heavy atom. The van der Waals surface area contributed by atoms with Crippen molar-refractivity contribution >= 4 is 17.4 Å². The standard InChI is InChI=1S/C13H15FN2O2/c1-9(17)15-12-8-10(4-5-11(12)14)13(18)6-7-16(2)3/h4-8H,1-3H3,(H,15,17). The molecule has 0 radical (unpaired) electrons. The maximum atomic E-state index is 13.4. The zero-order chi connectivity index (χ0) is 13.7. The number of hydrogen-bond donors (Lipinski definition) is 1. The predicted octanol–water partition coefficient (Wildman–Crippen LogP) is 2.04. The highest BCUT2D eigenvalue weighted by Gasteiger charge is 2.08. The van der Waals surface area contributed by atoms with Crippen molar-refractivity contribution in [1.82, 2.24) is 4.90 Å². The highest BCUT2D eigenvalue weighted by Crippen LogP contribution is 2.16. The molecule has 96 valence electrons. The number of nitrogens with one attached hydrogen (secondary N) is 1. The highest BCUT2D eigenvalue weighted by molar-refractivity contribution is 6.05. The van der Waals surface area contributed by atoms with Gasteiger partial charge in [-0.05, 0) is 18.2 Å². The van der Waals surface area contributed by atoms with Gasteiger partial charge in [0.2, 0.25) is 5.91 Å². The molecule has 0 heterocycles. The first kappa shape index (κ1) is 13.9. The van der Waals surface area contributed by atoms with Gasteiger partial charge in [0.25, 0.3) is 0 Å². The van der Waals surface area contributed by atoms with Gasteiger partial charge in [0.05, 0.1) is 5.69 Å². The molecule has 0 aliphatic carbocycles. The van der Waals surface area contributed by atoms with Gasteiger partial charge in [-0.3, -0.25) is 9.59 Å². The fourth-order valence-electron chi connectivity index (χ4n) is 1.28. The van der Waals surface area contributed by atoms with E-state index in [4.69, 9.17) is 0 Å². The lowest BCUT2D eigenvalue weighted by atomic mass is 10.1. The van der Waals surface area contributed by atoms with E-state index in [0.717, 1.165) is 6.07 Å². The Morgan fingerprint density at radius 2 is 2.00 bits per heavy atom. The summed E-state index contributed by atoms with van der Waals surface area (Å²) in [6.45, 7) is 1.28. The monoisotopic (exact) mass is 250 g/mol. The van der Waals surface area contributed by atoms with Crippen molar-refractivity contribution in [3.8, 4) is 0 Å². The van der Waals surface area contributed by atoms with E-state index >= 15 is 0 Å². The summed E-state index contributed by atoms with van der Waals surface area (Å²) >= 11 is 0. The van der Waals surface area contributed by atoms with E-state index in [-0.39, 0.29) is 17.4 Å². The summed E-state index contributed by atoms with van der Waals surface area (Å²) in [7, 11) is 3.58. The van der Waals surface area contributed by atoms with Crippen molar-refractivity contribution in [2.45, 2.75) is 6.92 Å². The van der Waals surface area contributed by atoms with Gasteiger partial charge in [-0.25, -0.2) is 4.39 Å². The lowest BCUT2D eigenvalue weighted by Gasteiger charge is -2.06. The van der Waals surface area contributed by atoms with E-state index in [2.05, 4.69) is 5.32 Å². The number of anilines is 1. The topological polar surface area (TPSA) is 49.4 Å². The Kier molecular flexibility index (Phi) is 4.59. The number of halogens is 1. The molecule has 0 saturated heterocycles. The molecule has 1 aromatic carbocycles. The van der Waals surface area contributed by atoms with Crippen LogP contribution in [0.2, 0.25) is 0 Å². The summed E-state index contributed by atoms with van der Waals surface area (Å²) in [5, 5.41) is 2.33. The van der Waals surface area contributed by atoms with Crippen molar-refractivity contribution in [3.63, 3.8) is 0 Å². The summed E-state index contributed by atoms with van der Waals surface area (Å²) in [4.78, 5) is 24.3. The lowest BCUT2D eigenvalue weighted by molar-refractivity contribution is -0.114. The van der Waals surface area contributed by atoms with Gasteiger partial charge in [-0.2, -0.15) is 0 Å². The minimum Gasteiger partial charge on any atom is -0.383 e. The summed E-state index contributed by atoms with van der Waals surface area (Å²) in [5.41, 5.74) is 0.324. The summed E-state index contributed by atoms with van der Waals surface area (Å²) < 4.78 is 13.4. The molecule has 1 aromatic rings. The third-order valence-electron chi connectivity index (χ3n) is 2.09. The van der Waals surface area contributed by atoms with E-state index in [1.165, 1.54) is 25.1 Å². The van der Waals surface area contributed by atoms with Crippen LogP contribution in [0, 0.1) is 5.82 Å². The molecule has 1 rings (SSSR count). The average molecular weight is 250 g/mol.